The Morgan fingerprint density at radius 1 is 1.05 bits per heavy atom. The molecule has 0 bridgehead atoms. The van der Waals surface area contributed by atoms with E-state index in [0.717, 1.165) is 17.0 Å². The highest BCUT2D eigenvalue weighted by atomic mass is 35.5. The molecule has 0 fully saturated rings. The van der Waals surface area contributed by atoms with Crippen LogP contribution < -0.4 is 5.32 Å². The standard InChI is InChI=1S/C17H18Cl2FN/c1-3-17(12-4-7-14(18)8-5-12)21-11(2)13-6-9-15(19)16(20)10-13/h4-11,17,21H,3H2,1-2H3. The van der Waals surface area contributed by atoms with Crippen LogP contribution in [0.5, 0.6) is 0 Å². The Morgan fingerprint density at radius 2 is 1.67 bits per heavy atom. The van der Waals surface area contributed by atoms with Crippen molar-refractivity contribution in [3.63, 3.8) is 0 Å². The largest absolute Gasteiger partial charge is 0.303 e. The molecule has 0 aliphatic rings. The lowest BCUT2D eigenvalue weighted by Crippen LogP contribution is -2.24. The molecule has 2 aromatic carbocycles. The zero-order chi connectivity index (χ0) is 15.4. The Balaban J connectivity index is 2.13. The molecule has 0 amide bonds. The molecule has 2 rings (SSSR count). The van der Waals surface area contributed by atoms with E-state index in [1.165, 1.54) is 11.6 Å². The van der Waals surface area contributed by atoms with Gasteiger partial charge in [-0.05, 0) is 48.7 Å². The first-order chi connectivity index (χ1) is 10.0. The maximum absolute atomic E-state index is 13.6. The number of nitrogens with one attached hydrogen (secondary N) is 1. The minimum atomic E-state index is -0.387. The number of rotatable bonds is 5. The van der Waals surface area contributed by atoms with E-state index in [0.29, 0.717) is 0 Å². The monoisotopic (exact) mass is 325 g/mol. The first-order valence-electron chi connectivity index (χ1n) is 6.97. The highest BCUT2D eigenvalue weighted by molar-refractivity contribution is 6.30. The van der Waals surface area contributed by atoms with Crippen LogP contribution in [0.25, 0.3) is 0 Å². The predicted molar refractivity (Wildman–Crippen MR) is 87.4 cm³/mol. The van der Waals surface area contributed by atoms with Gasteiger partial charge in [-0.2, -0.15) is 0 Å². The van der Waals surface area contributed by atoms with E-state index in [4.69, 9.17) is 23.2 Å². The fourth-order valence-electron chi connectivity index (χ4n) is 2.32. The third-order valence-electron chi connectivity index (χ3n) is 3.58. The van der Waals surface area contributed by atoms with Crippen LogP contribution in [0.4, 0.5) is 4.39 Å². The molecule has 0 radical (unpaired) electrons. The molecular weight excluding hydrogens is 308 g/mol. The Bertz CT molecular complexity index is 598. The van der Waals surface area contributed by atoms with E-state index in [9.17, 15) is 4.39 Å². The van der Waals surface area contributed by atoms with Crippen molar-refractivity contribution in [3.8, 4) is 0 Å². The molecule has 0 spiro atoms. The lowest BCUT2D eigenvalue weighted by Gasteiger charge is -2.23. The van der Waals surface area contributed by atoms with Gasteiger partial charge in [0.25, 0.3) is 0 Å². The highest BCUT2D eigenvalue weighted by Crippen LogP contribution is 2.25. The topological polar surface area (TPSA) is 12.0 Å². The first kappa shape index (κ1) is 16.3. The quantitative estimate of drug-likeness (QED) is 0.717. The zero-order valence-electron chi connectivity index (χ0n) is 12.0. The zero-order valence-corrected chi connectivity index (χ0v) is 13.5. The summed E-state index contributed by atoms with van der Waals surface area (Å²) < 4.78 is 13.6. The van der Waals surface area contributed by atoms with Crippen molar-refractivity contribution in [2.24, 2.45) is 0 Å². The van der Waals surface area contributed by atoms with Gasteiger partial charge in [-0.25, -0.2) is 4.39 Å². The number of hydrogen-bond donors (Lipinski definition) is 1. The molecule has 2 atom stereocenters. The molecule has 2 aromatic rings. The Morgan fingerprint density at radius 3 is 2.24 bits per heavy atom. The molecule has 0 aliphatic heterocycles. The number of hydrogen-bond acceptors (Lipinski definition) is 1. The summed E-state index contributed by atoms with van der Waals surface area (Å²) in [5.74, 6) is -0.387. The van der Waals surface area contributed by atoms with Crippen molar-refractivity contribution in [2.75, 3.05) is 0 Å². The third kappa shape index (κ3) is 4.19. The average Bonchev–Trinajstić information content (AvgIpc) is 2.48. The summed E-state index contributed by atoms with van der Waals surface area (Å²) in [6.45, 7) is 4.13. The van der Waals surface area contributed by atoms with Gasteiger partial charge in [0.05, 0.1) is 5.02 Å². The van der Waals surface area contributed by atoms with Gasteiger partial charge in [0.2, 0.25) is 0 Å². The second-order valence-corrected chi connectivity index (χ2v) is 5.92. The van der Waals surface area contributed by atoms with Crippen molar-refractivity contribution in [2.45, 2.75) is 32.4 Å². The maximum Gasteiger partial charge on any atom is 0.142 e. The van der Waals surface area contributed by atoms with Crippen LogP contribution in [0.3, 0.4) is 0 Å². The van der Waals surface area contributed by atoms with E-state index in [2.05, 4.69) is 12.2 Å². The fourth-order valence-corrected chi connectivity index (χ4v) is 2.57. The molecule has 0 heterocycles. The van der Waals surface area contributed by atoms with Crippen molar-refractivity contribution in [1.82, 2.24) is 5.32 Å². The van der Waals surface area contributed by atoms with Crippen molar-refractivity contribution in [3.05, 3.63) is 69.5 Å². The van der Waals surface area contributed by atoms with Crippen LogP contribution in [0, 0.1) is 5.82 Å². The smallest absolute Gasteiger partial charge is 0.142 e. The van der Waals surface area contributed by atoms with Crippen LogP contribution in [-0.2, 0) is 0 Å². The minimum absolute atomic E-state index is 0.0254. The van der Waals surface area contributed by atoms with Crippen molar-refractivity contribution >= 4 is 23.2 Å². The SMILES string of the molecule is CCC(NC(C)c1ccc(Cl)c(F)c1)c1ccc(Cl)cc1. The number of halogens is 3. The van der Waals surface area contributed by atoms with Crippen LogP contribution in [0.1, 0.15) is 43.5 Å². The summed E-state index contributed by atoms with van der Waals surface area (Å²) in [7, 11) is 0. The number of benzene rings is 2. The van der Waals surface area contributed by atoms with Gasteiger partial charge in [0.1, 0.15) is 5.82 Å². The summed E-state index contributed by atoms with van der Waals surface area (Å²) >= 11 is 11.6. The molecular formula is C17H18Cl2FN. The van der Waals surface area contributed by atoms with Crippen LogP contribution >= 0.6 is 23.2 Å². The van der Waals surface area contributed by atoms with Gasteiger partial charge in [-0.3, -0.25) is 0 Å². The van der Waals surface area contributed by atoms with Gasteiger partial charge in [-0.15, -0.1) is 0 Å². The van der Waals surface area contributed by atoms with E-state index >= 15 is 0 Å². The molecule has 2 unspecified atom stereocenters. The van der Waals surface area contributed by atoms with Gasteiger partial charge < -0.3 is 5.32 Å². The third-order valence-corrected chi connectivity index (χ3v) is 4.13. The Kier molecular flexibility index (Phi) is 5.63. The molecule has 1 N–H and O–H groups in total. The molecule has 0 saturated carbocycles. The van der Waals surface area contributed by atoms with Crippen LogP contribution in [0.2, 0.25) is 10.0 Å². The van der Waals surface area contributed by atoms with Crippen molar-refractivity contribution in [1.29, 1.82) is 0 Å². The fraction of sp³-hybridized carbons (Fsp3) is 0.294. The Labute approximate surface area is 135 Å². The highest BCUT2D eigenvalue weighted by Gasteiger charge is 2.14. The molecule has 112 valence electrons. The van der Waals surface area contributed by atoms with Gasteiger partial charge >= 0.3 is 0 Å². The van der Waals surface area contributed by atoms with E-state index < -0.39 is 0 Å². The normalized spacial score (nSPS) is 14.0. The lowest BCUT2D eigenvalue weighted by atomic mass is 10.0. The average molecular weight is 326 g/mol. The molecule has 21 heavy (non-hydrogen) atoms. The van der Waals surface area contributed by atoms with Crippen molar-refractivity contribution < 1.29 is 4.39 Å². The summed E-state index contributed by atoms with van der Waals surface area (Å²) in [5.41, 5.74) is 2.05. The Hall–Kier alpha value is -1.09. The van der Waals surface area contributed by atoms with Crippen LogP contribution in [0.15, 0.2) is 42.5 Å². The second kappa shape index (κ2) is 7.26. The maximum atomic E-state index is 13.6. The minimum Gasteiger partial charge on any atom is -0.303 e. The predicted octanol–water partition coefficient (Wildman–Crippen LogP) is 5.93. The summed E-state index contributed by atoms with van der Waals surface area (Å²) in [4.78, 5) is 0. The molecule has 0 aliphatic carbocycles. The molecule has 0 aromatic heterocycles. The van der Waals surface area contributed by atoms with Gasteiger partial charge in [0.15, 0.2) is 0 Å². The van der Waals surface area contributed by atoms with Gasteiger partial charge in [0, 0.05) is 17.1 Å². The van der Waals surface area contributed by atoms with E-state index in [1.54, 1.807) is 6.07 Å². The molecule has 1 nitrogen and oxygen atoms in total. The summed E-state index contributed by atoms with van der Waals surface area (Å²) in [5, 5.41) is 4.38. The second-order valence-electron chi connectivity index (χ2n) is 5.07. The van der Waals surface area contributed by atoms with E-state index in [-0.39, 0.29) is 22.9 Å². The van der Waals surface area contributed by atoms with Crippen LogP contribution in [-0.4, -0.2) is 0 Å². The summed E-state index contributed by atoms with van der Waals surface area (Å²) in [6, 6.07) is 12.9. The molecule has 0 saturated heterocycles. The van der Waals surface area contributed by atoms with Gasteiger partial charge in [-0.1, -0.05) is 48.3 Å². The first-order valence-corrected chi connectivity index (χ1v) is 7.73. The summed E-state index contributed by atoms with van der Waals surface area (Å²) in [6.07, 6.45) is 0.933. The van der Waals surface area contributed by atoms with E-state index in [1.807, 2.05) is 37.3 Å². The lowest BCUT2D eigenvalue weighted by molar-refractivity contribution is 0.455. The molecule has 4 heteroatoms.